The van der Waals surface area contributed by atoms with Gasteiger partial charge in [0, 0.05) is 18.7 Å². The van der Waals surface area contributed by atoms with E-state index >= 15 is 0 Å². The minimum absolute atomic E-state index is 0.287. The van der Waals surface area contributed by atoms with E-state index in [1.54, 1.807) is 18.0 Å². The Labute approximate surface area is 100 Å². The third kappa shape index (κ3) is 4.30. The monoisotopic (exact) mass is 243 g/mol. The van der Waals surface area contributed by atoms with E-state index in [-0.39, 0.29) is 12.4 Å². The molecule has 1 atom stereocenters. The van der Waals surface area contributed by atoms with Gasteiger partial charge in [-0.3, -0.25) is 4.90 Å². The van der Waals surface area contributed by atoms with Crippen molar-refractivity contribution in [2.45, 2.75) is 12.6 Å². The molecular weight excluding hydrogens is 225 g/mol. The number of halogens is 1. The number of rotatable bonds is 6. The molecule has 0 saturated heterocycles. The zero-order valence-electron chi connectivity index (χ0n) is 10.1. The Morgan fingerprint density at radius 2 is 2.18 bits per heavy atom. The van der Waals surface area contributed by atoms with Gasteiger partial charge >= 0.3 is 0 Å². The second kappa shape index (κ2) is 6.54. The summed E-state index contributed by atoms with van der Waals surface area (Å²) in [6.45, 7) is 0.471. The molecule has 0 heterocycles. The van der Waals surface area contributed by atoms with Crippen LogP contribution in [0.4, 0.5) is 4.39 Å². The zero-order chi connectivity index (χ0) is 12.8. The van der Waals surface area contributed by atoms with Gasteiger partial charge in [0.15, 0.2) is 0 Å². The van der Waals surface area contributed by atoms with Gasteiger partial charge in [-0.05, 0) is 25.2 Å². The summed E-state index contributed by atoms with van der Waals surface area (Å²) >= 11 is 0. The second-order valence-corrected chi connectivity index (χ2v) is 3.99. The molecule has 0 spiro atoms. The molecule has 0 aromatic heterocycles. The third-order valence-electron chi connectivity index (χ3n) is 2.42. The third-order valence-corrected chi connectivity index (χ3v) is 2.42. The number of aliphatic hydroxyl groups is 2. The highest BCUT2D eigenvalue weighted by molar-refractivity contribution is 5.33. The lowest BCUT2D eigenvalue weighted by Crippen LogP contribution is -2.31. The van der Waals surface area contributed by atoms with Gasteiger partial charge in [0.25, 0.3) is 0 Å². The number of methoxy groups -OCH3 is 1. The first-order valence-corrected chi connectivity index (χ1v) is 5.36. The molecule has 0 aliphatic heterocycles. The van der Waals surface area contributed by atoms with Crippen LogP contribution in [0, 0.1) is 5.82 Å². The molecule has 1 unspecified atom stereocenters. The summed E-state index contributed by atoms with van der Waals surface area (Å²) in [7, 11) is 3.31. The SMILES string of the molecule is COc1ccc(F)cc1CN(C)CC(O)CO. The summed E-state index contributed by atoms with van der Waals surface area (Å²) in [5, 5.41) is 18.0. The quantitative estimate of drug-likeness (QED) is 0.769. The molecule has 1 aromatic rings. The van der Waals surface area contributed by atoms with Crippen LogP contribution in [0.2, 0.25) is 0 Å². The lowest BCUT2D eigenvalue weighted by Gasteiger charge is -2.20. The number of benzene rings is 1. The van der Waals surface area contributed by atoms with Crippen LogP contribution in [0.25, 0.3) is 0 Å². The van der Waals surface area contributed by atoms with Crippen LogP contribution in [0.1, 0.15) is 5.56 Å². The van der Waals surface area contributed by atoms with E-state index in [1.165, 1.54) is 19.2 Å². The summed E-state index contributed by atoms with van der Waals surface area (Å²) in [4.78, 5) is 1.79. The molecule has 0 bridgehead atoms. The van der Waals surface area contributed by atoms with Gasteiger partial charge in [0.05, 0.1) is 19.8 Å². The molecule has 1 rings (SSSR count). The normalized spacial score (nSPS) is 12.8. The molecule has 0 aliphatic carbocycles. The average Bonchev–Trinajstić information content (AvgIpc) is 2.29. The van der Waals surface area contributed by atoms with E-state index in [1.807, 2.05) is 0 Å². The number of nitrogens with zero attached hydrogens (tertiary/aromatic N) is 1. The fourth-order valence-corrected chi connectivity index (χ4v) is 1.64. The summed E-state index contributed by atoms with van der Waals surface area (Å²) in [6, 6.07) is 4.31. The van der Waals surface area contributed by atoms with Gasteiger partial charge in [-0.2, -0.15) is 0 Å². The maximum absolute atomic E-state index is 13.1. The zero-order valence-corrected chi connectivity index (χ0v) is 10.1. The van der Waals surface area contributed by atoms with Crippen LogP contribution in [0.5, 0.6) is 5.75 Å². The first-order valence-electron chi connectivity index (χ1n) is 5.36. The lowest BCUT2D eigenvalue weighted by atomic mass is 10.2. The van der Waals surface area contributed by atoms with Crippen LogP contribution in [0.3, 0.4) is 0 Å². The Kier molecular flexibility index (Phi) is 5.34. The van der Waals surface area contributed by atoms with Crippen LogP contribution >= 0.6 is 0 Å². The average molecular weight is 243 g/mol. The van der Waals surface area contributed by atoms with Gasteiger partial charge in [-0.15, -0.1) is 0 Å². The van der Waals surface area contributed by atoms with Gasteiger partial charge in [0.1, 0.15) is 11.6 Å². The number of likely N-dealkylation sites (N-methyl/N-ethyl adjacent to an activating group) is 1. The number of hydrogen-bond donors (Lipinski definition) is 2. The highest BCUT2D eigenvalue weighted by Gasteiger charge is 2.11. The Balaban J connectivity index is 2.69. The fourth-order valence-electron chi connectivity index (χ4n) is 1.64. The minimum atomic E-state index is -0.792. The molecule has 1 aromatic carbocycles. The molecule has 4 nitrogen and oxygen atoms in total. The van der Waals surface area contributed by atoms with Crippen molar-refractivity contribution in [3.8, 4) is 5.75 Å². The van der Waals surface area contributed by atoms with Gasteiger partial charge in [-0.25, -0.2) is 4.39 Å². The van der Waals surface area contributed by atoms with E-state index in [2.05, 4.69) is 0 Å². The maximum Gasteiger partial charge on any atom is 0.123 e. The van der Waals surface area contributed by atoms with Crippen LogP contribution in [-0.2, 0) is 6.54 Å². The van der Waals surface area contributed by atoms with E-state index in [0.717, 1.165) is 0 Å². The summed E-state index contributed by atoms with van der Waals surface area (Å²) in [6.07, 6.45) is -0.792. The molecule has 2 N–H and O–H groups in total. The highest BCUT2D eigenvalue weighted by atomic mass is 19.1. The van der Waals surface area contributed by atoms with Crippen molar-refractivity contribution in [2.75, 3.05) is 27.3 Å². The van der Waals surface area contributed by atoms with Crippen molar-refractivity contribution in [3.63, 3.8) is 0 Å². The molecule has 5 heteroatoms. The second-order valence-electron chi connectivity index (χ2n) is 3.99. The van der Waals surface area contributed by atoms with Crippen molar-refractivity contribution in [1.29, 1.82) is 0 Å². The molecular formula is C12H18FNO3. The summed E-state index contributed by atoms with van der Waals surface area (Å²) in [5.41, 5.74) is 0.708. The Morgan fingerprint density at radius 1 is 1.47 bits per heavy atom. The highest BCUT2D eigenvalue weighted by Crippen LogP contribution is 2.20. The largest absolute Gasteiger partial charge is 0.496 e. The van der Waals surface area contributed by atoms with E-state index in [4.69, 9.17) is 9.84 Å². The Bertz CT molecular complexity index is 360. The number of ether oxygens (including phenoxy) is 1. The summed E-state index contributed by atoms with van der Waals surface area (Å²) in [5.74, 6) is 0.286. The Hall–Kier alpha value is -1.17. The number of aliphatic hydroxyl groups excluding tert-OH is 2. The van der Waals surface area contributed by atoms with Crippen molar-refractivity contribution in [2.24, 2.45) is 0 Å². The molecule has 0 radical (unpaired) electrons. The number of hydrogen-bond acceptors (Lipinski definition) is 4. The topological polar surface area (TPSA) is 52.9 Å². The van der Waals surface area contributed by atoms with Crippen molar-refractivity contribution in [1.82, 2.24) is 4.90 Å². The predicted molar refractivity (Wildman–Crippen MR) is 62.4 cm³/mol. The van der Waals surface area contributed by atoms with E-state index in [9.17, 15) is 9.50 Å². The molecule has 0 saturated carbocycles. The van der Waals surface area contributed by atoms with Crippen molar-refractivity contribution < 1.29 is 19.3 Å². The predicted octanol–water partition coefficient (Wildman–Crippen LogP) is 0.619. The van der Waals surface area contributed by atoms with E-state index < -0.39 is 6.10 Å². The Morgan fingerprint density at radius 3 is 2.76 bits per heavy atom. The summed E-state index contributed by atoms with van der Waals surface area (Å²) < 4.78 is 18.2. The van der Waals surface area contributed by atoms with Crippen LogP contribution in [-0.4, -0.2) is 48.5 Å². The lowest BCUT2D eigenvalue weighted by molar-refractivity contribution is 0.0646. The van der Waals surface area contributed by atoms with Crippen LogP contribution in [0.15, 0.2) is 18.2 Å². The van der Waals surface area contributed by atoms with E-state index in [0.29, 0.717) is 24.4 Å². The van der Waals surface area contributed by atoms with Crippen molar-refractivity contribution >= 4 is 0 Å². The van der Waals surface area contributed by atoms with Gasteiger partial charge in [0.2, 0.25) is 0 Å². The molecule has 96 valence electrons. The molecule has 0 aliphatic rings. The smallest absolute Gasteiger partial charge is 0.123 e. The van der Waals surface area contributed by atoms with Crippen LogP contribution < -0.4 is 4.74 Å². The van der Waals surface area contributed by atoms with Crippen molar-refractivity contribution in [3.05, 3.63) is 29.6 Å². The first-order chi connectivity index (χ1) is 8.06. The molecule has 0 amide bonds. The maximum atomic E-state index is 13.1. The molecule has 0 fully saturated rings. The van der Waals surface area contributed by atoms with Gasteiger partial charge in [-0.1, -0.05) is 0 Å². The molecule has 17 heavy (non-hydrogen) atoms. The first kappa shape index (κ1) is 13.9. The van der Waals surface area contributed by atoms with Gasteiger partial charge < -0.3 is 14.9 Å². The fraction of sp³-hybridized carbons (Fsp3) is 0.500. The minimum Gasteiger partial charge on any atom is -0.496 e. The standard InChI is InChI=1S/C12H18FNO3/c1-14(7-11(16)8-15)6-9-5-10(13)3-4-12(9)17-2/h3-5,11,15-16H,6-8H2,1-2H3.